The Morgan fingerprint density at radius 3 is 2.23 bits per heavy atom. The molecule has 2 aromatic rings. The number of aliphatic hydroxyl groups is 1. The average Bonchev–Trinajstić information content (AvgIpc) is 3.17. The molecule has 7 nitrogen and oxygen atoms in total. The number of nitrogens with one attached hydrogen (secondary N) is 1. The van der Waals surface area contributed by atoms with E-state index in [4.69, 9.17) is 0 Å². The number of ketones is 4. The van der Waals surface area contributed by atoms with Crippen LogP contribution in [0.25, 0.3) is 5.76 Å². The largest absolute Gasteiger partial charge is 0.507 e. The Morgan fingerprint density at radius 1 is 0.829 bits per heavy atom. The second-order valence-electron chi connectivity index (χ2n) is 8.27. The van der Waals surface area contributed by atoms with Crippen molar-refractivity contribution in [1.29, 1.82) is 0 Å². The van der Waals surface area contributed by atoms with Crippen LogP contribution < -0.4 is 5.32 Å². The topological polar surface area (TPSA) is 118 Å². The number of allylic oxidation sites excluding steroid dienone is 7. The summed E-state index contributed by atoms with van der Waals surface area (Å²) in [5.74, 6) is -1.64. The molecule has 0 unspecified atom stereocenters. The molecule has 0 fully saturated rings. The molecule has 0 saturated carbocycles. The van der Waals surface area contributed by atoms with Crippen molar-refractivity contribution in [2.24, 2.45) is 0 Å². The molecule has 174 valence electrons. The SMILES string of the molecule is CC(=O)Cc1ccc2c(c1)C(O)=C(/C=C/C=C/C=C1/C(=O)c3ccc(NC(C)=O)cc3C1=O)C2=O. The van der Waals surface area contributed by atoms with E-state index in [9.17, 15) is 29.1 Å². The normalized spacial score (nSPS) is 16.1. The van der Waals surface area contributed by atoms with Gasteiger partial charge >= 0.3 is 0 Å². The first-order chi connectivity index (χ1) is 16.7. The number of hydrogen-bond acceptors (Lipinski definition) is 6. The van der Waals surface area contributed by atoms with E-state index < -0.39 is 11.6 Å². The van der Waals surface area contributed by atoms with Gasteiger partial charge in [-0.3, -0.25) is 24.0 Å². The lowest BCUT2D eigenvalue weighted by atomic mass is 10.0. The number of anilines is 1. The van der Waals surface area contributed by atoms with Gasteiger partial charge in [-0.2, -0.15) is 0 Å². The highest BCUT2D eigenvalue weighted by molar-refractivity contribution is 6.39. The molecular formula is C28H21NO6. The van der Waals surface area contributed by atoms with E-state index in [1.807, 2.05) is 0 Å². The molecule has 35 heavy (non-hydrogen) atoms. The number of amides is 1. The Kier molecular flexibility index (Phi) is 6.25. The third-order valence-electron chi connectivity index (χ3n) is 5.60. The smallest absolute Gasteiger partial charge is 0.221 e. The van der Waals surface area contributed by atoms with Crippen LogP contribution in [0.4, 0.5) is 5.69 Å². The maximum atomic E-state index is 12.7. The summed E-state index contributed by atoms with van der Waals surface area (Å²) in [6.45, 7) is 2.82. The second-order valence-corrected chi connectivity index (χ2v) is 8.27. The Balaban J connectivity index is 1.50. The minimum absolute atomic E-state index is 0.00552. The maximum Gasteiger partial charge on any atom is 0.221 e. The van der Waals surface area contributed by atoms with Gasteiger partial charge < -0.3 is 10.4 Å². The van der Waals surface area contributed by atoms with E-state index in [2.05, 4.69) is 5.32 Å². The van der Waals surface area contributed by atoms with Gasteiger partial charge in [0.05, 0.1) is 11.1 Å². The van der Waals surface area contributed by atoms with Crippen molar-refractivity contribution in [2.45, 2.75) is 20.3 Å². The first kappa shape index (κ1) is 23.5. The number of hydrogen-bond donors (Lipinski definition) is 2. The molecular weight excluding hydrogens is 446 g/mol. The summed E-state index contributed by atoms with van der Waals surface area (Å²) in [5.41, 5.74) is 2.50. The molecule has 0 bridgehead atoms. The molecule has 4 rings (SSSR count). The predicted octanol–water partition coefficient (Wildman–Crippen LogP) is 4.36. The van der Waals surface area contributed by atoms with Crippen LogP contribution in [0.2, 0.25) is 0 Å². The van der Waals surface area contributed by atoms with Crippen molar-refractivity contribution in [2.75, 3.05) is 5.32 Å². The van der Waals surface area contributed by atoms with Gasteiger partial charge in [-0.15, -0.1) is 0 Å². The summed E-state index contributed by atoms with van der Waals surface area (Å²) in [6.07, 6.45) is 7.61. The summed E-state index contributed by atoms with van der Waals surface area (Å²) in [6, 6.07) is 9.47. The minimum atomic E-state index is -0.436. The van der Waals surface area contributed by atoms with Crippen molar-refractivity contribution >= 4 is 40.5 Å². The summed E-state index contributed by atoms with van der Waals surface area (Å²) in [7, 11) is 0. The van der Waals surface area contributed by atoms with E-state index in [1.165, 1.54) is 56.4 Å². The maximum absolute atomic E-state index is 12.7. The third-order valence-corrected chi connectivity index (χ3v) is 5.60. The third kappa shape index (κ3) is 4.56. The highest BCUT2D eigenvalue weighted by atomic mass is 16.3. The van der Waals surface area contributed by atoms with Gasteiger partial charge in [0.1, 0.15) is 11.5 Å². The molecule has 0 radical (unpaired) electrons. The number of benzene rings is 2. The molecule has 1 amide bonds. The van der Waals surface area contributed by atoms with Crippen molar-refractivity contribution in [3.8, 4) is 0 Å². The molecule has 0 atom stereocenters. The molecule has 2 aromatic carbocycles. The van der Waals surface area contributed by atoms with Crippen LogP contribution in [0.15, 0.2) is 77.9 Å². The Hall–Kier alpha value is -4.65. The predicted molar refractivity (Wildman–Crippen MR) is 130 cm³/mol. The van der Waals surface area contributed by atoms with Crippen LogP contribution in [0.1, 0.15) is 56.0 Å². The highest BCUT2D eigenvalue weighted by Crippen LogP contribution is 2.33. The fourth-order valence-corrected chi connectivity index (χ4v) is 4.06. The van der Waals surface area contributed by atoms with E-state index in [1.54, 1.807) is 24.3 Å². The van der Waals surface area contributed by atoms with Gasteiger partial charge in [0.2, 0.25) is 5.91 Å². The monoisotopic (exact) mass is 467 g/mol. The van der Waals surface area contributed by atoms with E-state index in [-0.39, 0.29) is 51.9 Å². The van der Waals surface area contributed by atoms with Crippen molar-refractivity contribution in [3.05, 3.63) is 106 Å². The van der Waals surface area contributed by atoms with Crippen LogP contribution >= 0.6 is 0 Å². The molecule has 2 N–H and O–H groups in total. The van der Waals surface area contributed by atoms with Crippen molar-refractivity contribution in [1.82, 2.24) is 0 Å². The molecule has 2 aliphatic carbocycles. The van der Waals surface area contributed by atoms with E-state index in [0.29, 0.717) is 22.4 Å². The lowest BCUT2D eigenvalue weighted by molar-refractivity contribution is -0.116. The van der Waals surface area contributed by atoms with Gasteiger partial charge in [0.25, 0.3) is 0 Å². The quantitative estimate of drug-likeness (QED) is 0.370. The zero-order valence-corrected chi connectivity index (χ0v) is 19.0. The number of Topliss-reactive ketones (excluding diaryl/α,β-unsaturated/α-hetero) is 4. The van der Waals surface area contributed by atoms with Crippen LogP contribution in [0, 0.1) is 0 Å². The number of carbonyl (C=O) groups excluding carboxylic acids is 5. The lowest BCUT2D eigenvalue weighted by Gasteiger charge is -2.03. The highest BCUT2D eigenvalue weighted by Gasteiger charge is 2.33. The molecule has 0 heterocycles. The van der Waals surface area contributed by atoms with E-state index in [0.717, 1.165) is 0 Å². The molecule has 0 aromatic heterocycles. The van der Waals surface area contributed by atoms with Gasteiger partial charge in [0, 0.05) is 41.3 Å². The summed E-state index contributed by atoms with van der Waals surface area (Å²) in [4.78, 5) is 60.5. The van der Waals surface area contributed by atoms with Gasteiger partial charge in [-0.1, -0.05) is 30.4 Å². The summed E-state index contributed by atoms with van der Waals surface area (Å²) >= 11 is 0. The fraction of sp³-hybridized carbons (Fsp3) is 0.107. The molecule has 0 spiro atoms. The number of rotatable bonds is 6. The zero-order valence-electron chi connectivity index (χ0n) is 19.0. The Bertz CT molecular complexity index is 1450. The molecule has 0 aliphatic heterocycles. The second kappa shape index (κ2) is 9.30. The molecule has 7 heteroatoms. The van der Waals surface area contributed by atoms with Crippen molar-refractivity contribution < 1.29 is 29.1 Å². The van der Waals surface area contributed by atoms with Crippen LogP contribution in [-0.4, -0.2) is 34.1 Å². The summed E-state index contributed by atoms with van der Waals surface area (Å²) < 4.78 is 0. The Labute approximate surface area is 201 Å². The fourth-order valence-electron chi connectivity index (χ4n) is 4.06. The van der Waals surface area contributed by atoms with E-state index >= 15 is 0 Å². The Morgan fingerprint density at radius 2 is 1.51 bits per heavy atom. The summed E-state index contributed by atoms with van der Waals surface area (Å²) in [5, 5.41) is 13.1. The number of fused-ring (bicyclic) bond motifs is 2. The lowest BCUT2D eigenvalue weighted by Crippen LogP contribution is -2.06. The minimum Gasteiger partial charge on any atom is -0.507 e. The first-order valence-electron chi connectivity index (χ1n) is 10.8. The van der Waals surface area contributed by atoms with Crippen LogP contribution in [-0.2, 0) is 16.0 Å². The van der Waals surface area contributed by atoms with Gasteiger partial charge in [-0.05, 0) is 48.9 Å². The van der Waals surface area contributed by atoms with Crippen LogP contribution in [0.3, 0.4) is 0 Å². The zero-order chi connectivity index (χ0) is 25.3. The van der Waals surface area contributed by atoms with Gasteiger partial charge in [0.15, 0.2) is 17.3 Å². The molecule has 0 saturated heterocycles. The molecule has 2 aliphatic rings. The standard InChI is InChI=1S/C28H21NO6/c1-15(30)12-17-8-10-19-23(13-17)27(34)21(25(19)32)6-4-3-5-7-22-26(33)20-11-9-18(29-16(2)31)14-24(20)28(22)35/h3-11,13-14,34H,12H2,1-2H3,(H,29,31)/b5-3+,6-4+,22-7-. The first-order valence-corrected chi connectivity index (χ1v) is 10.8. The number of aliphatic hydroxyl groups excluding tert-OH is 1. The van der Waals surface area contributed by atoms with Gasteiger partial charge in [-0.25, -0.2) is 0 Å². The van der Waals surface area contributed by atoms with Crippen LogP contribution in [0.5, 0.6) is 0 Å². The average molecular weight is 467 g/mol. The van der Waals surface area contributed by atoms with Crippen molar-refractivity contribution in [3.63, 3.8) is 0 Å². The number of carbonyl (C=O) groups is 5.